The SMILES string of the molecule is CCNc1snnc1COc1ccc(C(C)C)cc1. The van der Waals surface area contributed by atoms with Crippen molar-refractivity contribution in [3.63, 3.8) is 0 Å². The second kappa shape index (κ2) is 6.52. The van der Waals surface area contributed by atoms with Crippen LogP contribution in [0.3, 0.4) is 0 Å². The van der Waals surface area contributed by atoms with Crippen molar-refractivity contribution in [2.24, 2.45) is 0 Å². The van der Waals surface area contributed by atoms with E-state index in [2.05, 4.69) is 47.8 Å². The van der Waals surface area contributed by atoms with Crippen molar-refractivity contribution in [2.45, 2.75) is 33.3 Å². The van der Waals surface area contributed by atoms with E-state index in [4.69, 9.17) is 4.74 Å². The summed E-state index contributed by atoms with van der Waals surface area (Å²) in [6.07, 6.45) is 0. The first kappa shape index (κ1) is 13.8. The van der Waals surface area contributed by atoms with Crippen molar-refractivity contribution in [1.82, 2.24) is 9.59 Å². The first-order valence-electron chi connectivity index (χ1n) is 6.48. The van der Waals surface area contributed by atoms with E-state index < -0.39 is 0 Å². The summed E-state index contributed by atoms with van der Waals surface area (Å²) in [7, 11) is 0. The molecule has 2 rings (SSSR count). The molecule has 0 fully saturated rings. The fourth-order valence-electron chi connectivity index (χ4n) is 1.70. The predicted molar refractivity (Wildman–Crippen MR) is 78.9 cm³/mol. The lowest BCUT2D eigenvalue weighted by Crippen LogP contribution is -2.02. The Labute approximate surface area is 118 Å². The standard InChI is InChI=1S/C14H19N3OS/c1-4-15-14-13(16-17-19-14)9-18-12-7-5-11(6-8-12)10(2)3/h5-8,10,15H,4,9H2,1-3H3. The zero-order valence-electron chi connectivity index (χ0n) is 11.5. The zero-order valence-corrected chi connectivity index (χ0v) is 12.3. The Bertz CT molecular complexity index is 508. The quantitative estimate of drug-likeness (QED) is 0.875. The summed E-state index contributed by atoms with van der Waals surface area (Å²) in [4.78, 5) is 0. The van der Waals surface area contributed by atoms with E-state index in [-0.39, 0.29) is 0 Å². The Morgan fingerprint density at radius 1 is 1.26 bits per heavy atom. The van der Waals surface area contributed by atoms with Gasteiger partial charge in [-0.2, -0.15) is 0 Å². The molecule has 1 heterocycles. The van der Waals surface area contributed by atoms with Crippen LogP contribution in [0.2, 0.25) is 0 Å². The van der Waals surface area contributed by atoms with Crippen molar-refractivity contribution in [2.75, 3.05) is 11.9 Å². The summed E-state index contributed by atoms with van der Waals surface area (Å²) >= 11 is 1.36. The van der Waals surface area contributed by atoms with Gasteiger partial charge in [0.2, 0.25) is 0 Å². The van der Waals surface area contributed by atoms with Crippen LogP contribution in [0.25, 0.3) is 0 Å². The molecule has 0 radical (unpaired) electrons. The van der Waals surface area contributed by atoms with Gasteiger partial charge in [0.05, 0.1) is 0 Å². The molecule has 4 nitrogen and oxygen atoms in total. The number of nitrogens with one attached hydrogen (secondary N) is 1. The molecule has 19 heavy (non-hydrogen) atoms. The Balaban J connectivity index is 1.96. The van der Waals surface area contributed by atoms with Crippen LogP contribution in [0.1, 0.15) is 37.9 Å². The molecule has 1 N–H and O–H groups in total. The Kier molecular flexibility index (Phi) is 4.74. The topological polar surface area (TPSA) is 47.0 Å². The molecule has 0 bridgehead atoms. The van der Waals surface area contributed by atoms with Gasteiger partial charge < -0.3 is 10.1 Å². The van der Waals surface area contributed by atoms with Gasteiger partial charge in [-0.1, -0.05) is 30.5 Å². The monoisotopic (exact) mass is 277 g/mol. The van der Waals surface area contributed by atoms with Crippen LogP contribution in [0, 0.1) is 0 Å². The molecule has 0 amide bonds. The number of benzene rings is 1. The smallest absolute Gasteiger partial charge is 0.136 e. The van der Waals surface area contributed by atoms with Crippen LogP contribution in [0.5, 0.6) is 5.75 Å². The van der Waals surface area contributed by atoms with Gasteiger partial charge in [0.15, 0.2) is 0 Å². The van der Waals surface area contributed by atoms with Gasteiger partial charge in [0.1, 0.15) is 23.1 Å². The van der Waals surface area contributed by atoms with E-state index in [9.17, 15) is 0 Å². The molecule has 0 aliphatic carbocycles. The van der Waals surface area contributed by atoms with E-state index in [1.54, 1.807) is 0 Å². The van der Waals surface area contributed by atoms with Crippen LogP contribution in [-0.4, -0.2) is 16.1 Å². The Hall–Kier alpha value is -1.62. The molecule has 1 aromatic heterocycles. The van der Waals surface area contributed by atoms with Crippen molar-refractivity contribution >= 4 is 16.5 Å². The third-order valence-electron chi connectivity index (χ3n) is 2.82. The number of aromatic nitrogens is 2. The summed E-state index contributed by atoms with van der Waals surface area (Å²) in [6.45, 7) is 7.72. The zero-order chi connectivity index (χ0) is 13.7. The molecule has 2 aromatic rings. The lowest BCUT2D eigenvalue weighted by Gasteiger charge is -2.08. The predicted octanol–water partition coefficient (Wildman–Crippen LogP) is 3.67. The number of ether oxygens (including phenoxy) is 1. The second-order valence-corrected chi connectivity index (χ2v) is 5.35. The van der Waals surface area contributed by atoms with Crippen molar-refractivity contribution in [3.05, 3.63) is 35.5 Å². The van der Waals surface area contributed by atoms with Crippen LogP contribution in [0.15, 0.2) is 24.3 Å². The molecule has 0 aliphatic heterocycles. The molecule has 0 unspecified atom stereocenters. The van der Waals surface area contributed by atoms with Crippen LogP contribution in [-0.2, 0) is 6.61 Å². The average Bonchev–Trinajstić information content (AvgIpc) is 2.85. The normalized spacial score (nSPS) is 10.7. The third kappa shape index (κ3) is 3.67. The summed E-state index contributed by atoms with van der Waals surface area (Å²) in [6, 6.07) is 8.21. The van der Waals surface area contributed by atoms with Gasteiger partial charge in [-0.05, 0) is 30.5 Å². The number of anilines is 1. The van der Waals surface area contributed by atoms with E-state index in [0.29, 0.717) is 12.5 Å². The highest BCUT2D eigenvalue weighted by Gasteiger charge is 2.08. The fraction of sp³-hybridized carbons (Fsp3) is 0.429. The lowest BCUT2D eigenvalue weighted by atomic mass is 10.0. The molecule has 0 saturated carbocycles. The highest BCUT2D eigenvalue weighted by Crippen LogP contribution is 2.22. The Morgan fingerprint density at radius 3 is 2.63 bits per heavy atom. The molecule has 0 saturated heterocycles. The highest BCUT2D eigenvalue weighted by atomic mass is 32.1. The van der Waals surface area contributed by atoms with E-state index in [1.165, 1.54) is 17.1 Å². The van der Waals surface area contributed by atoms with Crippen molar-refractivity contribution in [1.29, 1.82) is 0 Å². The molecular weight excluding hydrogens is 258 g/mol. The number of rotatable bonds is 6. The summed E-state index contributed by atoms with van der Waals surface area (Å²) in [5.74, 6) is 1.40. The third-order valence-corrected chi connectivity index (χ3v) is 3.54. The van der Waals surface area contributed by atoms with Gasteiger partial charge in [0, 0.05) is 18.1 Å². The highest BCUT2D eigenvalue weighted by molar-refractivity contribution is 7.10. The maximum atomic E-state index is 5.74. The summed E-state index contributed by atoms with van der Waals surface area (Å²) in [5.41, 5.74) is 2.18. The minimum Gasteiger partial charge on any atom is -0.487 e. The van der Waals surface area contributed by atoms with E-state index >= 15 is 0 Å². The largest absolute Gasteiger partial charge is 0.487 e. The lowest BCUT2D eigenvalue weighted by molar-refractivity contribution is 0.301. The van der Waals surface area contributed by atoms with Gasteiger partial charge >= 0.3 is 0 Å². The number of nitrogens with zero attached hydrogens (tertiary/aromatic N) is 2. The fourth-order valence-corrected chi connectivity index (χ4v) is 2.33. The molecule has 0 aliphatic rings. The van der Waals surface area contributed by atoms with Crippen LogP contribution < -0.4 is 10.1 Å². The van der Waals surface area contributed by atoms with Crippen LogP contribution in [0.4, 0.5) is 5.00 Å². The molecule has 5 heteroatoms. The minimum atomic E-state index is 0.444. The molecule has 102 valence electrons. The second-order valence-electron chi connectivity index (χ2n) is 4.59. The summed E-state index contributed by atoms with van der Waals surface area (Å²) in [5, 5.41) is 8.29. The van der Waals surface area contributed by atoms with Crippen molar-refractivity contribution < 1.29 is 4.74 Å². The van der Waals surface area contributed by atoms with Crippen molar-refractivity contribution in [3.8, 4) is 5.75 Å². The number of hydrogen-bond donors (Lipinski definition) is 1. The molecule has 0 spiro atoms. The molecule has 0 atom stereocenters. The average molecular weight is 277 g/mol. The first-order valence-corrected chi connectivity index (χ1v) is 7.26. The Morgan fingerprint density at radius 2 is 2.00 bits per heavy atom. The van der Waals surface area contributed by atoms with Crippen LogP contribution >= 0.6 is 11.5 Å². The van der Waals surface area contributed by atoms with Gasteiger partial charge in [-0.3, -0.25) is 0 Å². The van der Waals surface area contributed by atoms with Gasteiger partial charge in [0.25, 0.3) is 0 Å². The number of hydrogen-bond acceptors (Lipinski definition) is 5. The molecule has 1 aromatic carbocycles. The van der Waals surface area contributed by atoms with Gasteiger partial charge in [-0.25, -0.2) is 0 Å². The molecular formula is C14H19N3OS. The van der Waals surface area contributed by atoms with Gasteiger partial charge in [-0.15, -0.1) is 5.10 Å². The summed E-state index contributed by atoms with van der Waals surface area (Å²) < 4.78 is 9.68. The maximum Gasteiger partial charge on any atom is 0.136 e. The van der Waals surface area contributed by atoms with E-state index in [0.717, 1.165) is 23.0 Å². The maximum absolute atomic E-state index is 5.74. The minimum absolute atomic E-state index is 0.444. The van der Waals surface area contributed by atoms with E-state index in [1.807, 2.05) is 12.1 Å². The first-order chi connectivity index (χ1) is 9.20.